The van der Waals surface area contributed by atoms with Crippen molar-refractivity contribution in [1.29, 1.82) is 0 Å². The van der Waals surface area contributed by atoms with Crippen LogP contribution in [-0.4, -0.2) is 12.3 Å². The van der Waals surface area contributed by atoms with Crippen LogP contribution in [0.25, 0.3) is 0 Å². The van der Waals surface area contributed by atoms with E-state index in [4.69, 9.17) is 0 Å². The molecule has 0 heterocycles. The average Bonchev–Trinajstić information content (AvgIpc) is 2.46. The van der Waals surface area contributed by atoms with E-state index in [0.29, 0.717) is 12.1 Å². The summed E-state index contributed by atoms with van der Waals surface area (Å²) in [4.78, 5) is 13.6. The molecule has 0 aliphatic heterocycles. The molecule has 22 heavy (non-hydrogen) atoms. The third-order valence-corrected chi connectivity index (χ3v) is 3.54. The van der Waals surface area contributed by atoms with Gasteiger partial charge in [-0.15, -0.1) is 0 Å². The first-order valence-corrected chi connectivity index (χ1v) is 7.75. The third-order valence-electron chi connectivity index (χ3n) is 3.54. The largest absolute Gasteiger partial charge is 0.389 e. The number of hydrogen-bond acceptors (Lipinski definition) is 2. The highest BCUT2D eigenvalue weighted by atomic mass is 19.4. The van der Waals surface area contributed by atoms with Crippen molar-refractivity contribution in [2.24, 2.45) is 4.99 Å². The Morgan fingerprint density at radius 1 is 0.864 bits per heavy atom. The molecule has 0 atom stereocenters. The molecule has 0 spiro atoms. The van der Waals surface area contributed by atoms with Crippen LogP contribution in [0.15, 0.2) is 29.3 Å². The number of rotatable bonds is 10. The van der Waals surface area contributed by atoms with Gasteiger partial charge < -0.3 is 0 Å². The van der Waals surface area contributed by atoms with Crippen molar-refractivity contribution in [3.63, 3.8) is 0 Å². The summed E-state index contributed by atoms with van der Waals surface area (Å²) in [5, 5.41) is 0. The second-order valence-corrected chi connectivity index (χ2v) is 5.46. The Morgan fingerprint density at radius 3 is 1.95 bits per heavy atom. The molecule has 122 valence electrons. The number of unbranched alkanes of at least 4 members (excludes halogenated alkanes) is 6. The monoisotopic (exact) mass is 313 g/mol. The molecule has 2 nitrogen and oxygen atoms in total. The lowest BCUT2D eigenvalue weighted by Crippen LogP contribution is -2.06. The molecule has 0 unspecified atom stereocenters. The number of isocyanates is 1. The number of hydrogen-bond donors (Lipinski definition) is 0. The van der Waals surface area contributed by atoms with Crippen LogP contribution < -0.4 is 0 Å². The van der Waals surface area contributed by atoms with Crippen molar-refractivity contribution in [3.05, 3.63) is 29.8 Å². The van der Waals surface area contributed by atoms with Crippen LogP contribution in [0.2, 0.25) is 0 Å². The molecule has 0 aromatic heterocycles. The van der Waals surface area contributed by atoms with Gasteiger partial charge in [0.1, 0.15) is 0 Å². The molecule has 1 aromatic rings. The van der Waals surface area contributed by atoms with Gasteiger partial charge in [0.2, 0.25) is 6.08 Å². The zero-order chi connectivity index (χ0) is 16.3. The molecule has 1 rings (SSSR count). The van der Waals surface area contributed by atoms with Gasteiger partial charge in [0.05, 0.1) is 5.69 Å². The Balaban J connectivity index is 2.00. The molecule has 0 aliphatic carbocycles. The summed E-state index contributed by atoms with van der Waals surface area (Å²) in [6.45, 7) is 0. The van der Waals surface area contributed by atoms with Crippen LogP contribution in [0.3, 0.4) is 0 Å². The lowest BCUT2D eigenvalue weighted by Gasteiger charge is -2.05. The third kappa shape index (κ3) is 9.35. The minimum Gasteiger partial charge on any atom is -0.211 e. The molecule has 5 heteroatoms. The number of benzene rings is 1. The summed E-state index contributed by atoms with van der Waals surface area (Å²) >= 11 is 0. The molecular formula is C17H22F3NO. The molecule has 0 aliphatic rings. The Kier molecular flexibility index (Phi) is 8.53. The van der Waals surface area contributed by atoms with E-state index in [0.717, 1.165) is 38.5 Å². The minimum atomic E-state index is -4.01. The van der Waals surface area contributed by atoms with E-state index in [9.17, 15) is 18.0 Å². The standard InChI is InChI=1S/C17H22F3NO/c18-17(19,20)13-7-5-3-1-2-4-6-8-15-9-11-16(12-10-15)21-14-22/h9-12H,1-8,13H2. The van der Waals surface area contributed by atoms with Crippen molar-refractivity contribution in [2.45, 2.75) is 64.0 Å². The maximum atomic E-state index is 11.9. The Hall–Kier alpha value is -1.61. The average molecular weight is 313 g/mol. The number of aryl methyl sites for hydroxylation is 1. The van der Waals surface area contributed by atoms with Gasteiger partial charge in [0.15, 0.2) is 0 Å². The number of halogens is 3. The van der Waals surface area contributed by atoms with Gasteiger partial charge in [0.25, 0.3) is 0 Å². The highest BCUT2D eigenvalue weighted by Gasteiger charge is 2.25. The second-order valence-electron chi connectivity index (χ2n) is 5.46. The molecule has 0 fully saturated rings. The summed E-state index contributed by atoms with van der Waals surface area (Å²) < 4.78 is 35.8. The van der Waals surface area contributed by atoms with E-state index < -0.39 is 12.6 Å². The van der Waals surface area contributed by atoms with Gasteiger partial charge in [-0.2, -0.15) is 18.2 Å². The van der Waals surface area contributed by atoms with Crippen LogP contribution in [0, 0.1) is 0 Å². The second kappa shape index (κ2) is 10.2. The van der Waals surface area contributed by atoms with Crippen LogP contribution in [-0.2, 0) is 11.2 Å². The smallest absolute Gasteiger partial charge is 0.211 e. The van der Waals surface area contributed by atoms with Crippen molar-refractivity contribution < 1.29 is 18.0 Å². The molecule has 0 bridgehead atoms. The fourth-order valence-electron chi connectivity index (χ4n) is 2.33. The first kappa shape index (κ1) is 18.4. The predicted octanol–water partition coefficient (Wildman–Crippen LogP) is 5.88. The van der Waals surface area contributed by atoms with Crippen LogP contribution in [0.5, 0.6) is 0 Å². The van der Waals surface area contributed by atoms with Crippen LogP contribution in [0.1, 0.15) is 56.9 Å². The molecule has 0 radical (unpaired) electrons. The SMILES string of the molecule is O=C=Nc1ccc(CCCCCCCCCC(F)(F)F)cc1. The molecule has 0 saturated carbocycles. The summed E-state index contributed by atoms with van der Waals surface area (Å²) in [6.07, 6.45) is 3.84. The van der Waals surface area contributed by atoms with Gasteiger partial charge in [-0.3, -0.25) is 0 Å². The maximum Gasteiger partial charge on any atom is 0.389 e. The summed E-state index contributed by atoms with van der Waals surface area (Å²) in [6, 6.07) is 7.49. The van der Waals surface area contributed by atoms with Crippen molar-refractivity contribution in [3.8, 4) is 0 Å². The van der Waals surface area contributed by atoms with E-state index in [1.165, 1.54) is 11.6 Å². The zero-order valence-electron chi connectivity index (χ0n) is 12.7. The van der Waals surface area contributed by atoms with E-state index in [-0.39, 0.29) is 6.42 Å². The predicted molar refractivity (Wildman–Crippen MR) is 80.9 cm³/mol. The number of alkyl halides is 3. The quantitative estimate of drug-likeness (QED) is 0.301. The fraction of sp³-hybridized carbons (Fsp3) is 0.588. The van der Waals surface area contributed by atoms with Crippen molar-refractivity contribution in [2.75, 3.05) is 0 Å². The molecule has 0 N–H and O–H groups in total. The van der Waals surface area contributed by atoms with Gasteiger partial charge in [-0.05, 0) is 37.0 Å². The summed E-state index contributed by atoms with van der Waals surface area (Å²) in [7, 11) is 0. The molecule has 0 amide bonds. The van der Waals surface area contributed by atoms with Crippen LogP contribution in [0.4, 0.5) is 18.9 Å². The van der Waals surface area contributed by atoms with E-state index >= 15 is 0 Å². The highest BCUT2D eigenvalue weighted by molar-refractivity contribution is 5.49. The first-order valence-electron chi connectivity index (χ1n) is 7.75. The fourth-order valence-corrected chi connectivity index (χ4v) is 2.33. The summed E-state index contributed by atoms with van der Waals surface area (Å²) in [5.74, 6) is 0. The van der Waals surface area contributed by atoms with Gasteiger partial charge in [-0.1, -0.05) is 44.2 Å². The van der Waals surface area contributed by atoms with Gasteiger partial charge in [-0.25, -0.2) is 4.79 Å². The van der Waals surface area contributed by atoms with Crippen molar-refractivity contribution in [1.82, 2.24) is 0 Å². The highest BCUT2D eigenvalue weighted by Crippen LogP contribution is 2.23. The molecular weight excluding hydrogens is 291 g/mol. The normalized spacial score (nSPS) is 11.2. The lowest BCUT2D eigenvalue weighted by atomic mass is 10.0. The first-order chi connectivity index (χ1) is 10.5. The van der Waals surface area contributed by atoms with E-state index in [1.54, 1.807) is 12.1 Å². The minimum absolute atomic E-state index is 0.249. The van der Waals surface area contributed by atoms with Gasteiger partial charge in [0, 0.05) is 6.42 Å². The molecule has 0 saturated heterocycles. The Labute approximate surface area is 129 Å². The van der Waals surface area contributed by atoms with Crippen LogP contribution >= 0.6 is 0 Å². The molecule has 1 aromatic carbocycles. The zero-order valence-corrected chi connectivity index (χ0v) is 12.7. The number of carbonyl (C=O) groups excluding carboxylic acids is 1. The van der Waals surface area contributed by atoms with E-state index in [2.05, 4.69) is 4.99 Å². The summed E-state index contributed by atoms with van der Waals surface area (Å²) in [5.41, 5.74) is 1.81. The van der Waals surface area contributed by atoms with Crippen molar-refractivity contribution >= 4 is 11.8 Å². The Bertz CT molecular complexity index is 462. The lowest BCUT2D eigenvalue weighted by molar-refractivity contribution is -0.135. The topological polar surface area (TPSA) is 29.4 Å². The maximum absolute atomic E-state index is 11.9. The Morgan fingerprint density at radius 2 is 1.41 bits per heavy atom. The number of nitrogens with zero attached hydrogens (tertiary/aromatic N) is 1. The van der Waals surface area contributed by atoms with Gasteiger partial charge >= 0.3 is 6.18 Å². The number of aliphatic imine (C=N–C) groups is 1. The van der Waals surface area contributed by atoms with E-state index in [1.807, 2.05) is 12.1 Å².